The Labute approximate surface area is 175 Å². The largest absolute Gasteiger partial charge is 0.365 e. The summed E-state index contributed by atoms with van der Waals surface area (Å²) >= 11 is 0. The molecule has 1 fully saturated rings. The Hall–Kier alpha value is -3.41. The molecule has 3 N–H and O–H groups in total. The van der Waals surface area contributed by atoms with Crippen LogP contribution in [0, 0.1) is 6.92 Å². The van der Waals surface area contributed by atoms with Crippen LogP contribution in [0.2, 0.25) is 0 Å². The summed E-state index contributed by atoms with van der Waals surface area (Å²) in [5.41, 5.74) is 7.32. The van der Waals surface area contributed by atoms with Crippen LogP contribution in [-0.2, 0) is 0 Å². The van der Waals surface area contributed by atoms with Crippen LogP contribution in [0.4, 0.5) is 5.82 Å². The molecule has 1 unspecified atom stereocenters. The third-order valence-electron chi connectivity index (χ3n) is 6.03. The molecule has 0 saturated heterocycles. The number of hydrogen-bond acceptors (Lipinski definition) is 4. The van der Waals surface area contributed by atoms with Crippen LogP contribution in [0.5, 0.6) is 0 Å². The van der Waals surface area contributed by atoms with Gasteiger partial charge in [0.1, 0.15) is 11.3 Å². The Morgan fingerprint density at radius 2 is 2.10 bits per heavy atom. The maximum atomic E-state index is 12.4. The van der Waals surface area contributed by atoms with Gasteiger partial charge >= 0.3 is 0 Å². The van der Waals surface area contributed by atoms with E-state index >= 15 is 0 Å². The molecule has 6 nitrogen and oxygen atoms in total. The number of fused-ring (bicyclic) bond motifs is 2. The number of para-hydroxylation sites is 1. The van der Waals surface area contributed by atoms with E-state index in [4.69, 9.17) is 9.97 Å². The molecule has 1 amide bonds. The molecular formula is C24H25N5O. The quantitative estimate of drug-likeness (QED) is 0.553. The molecule has 3 heterocycles. The van der Waals surface area contributed by atoms with Gasteiger partial charge in [-0.05, 0) is 38.3 Å². The molecular weight excluding hydrogens is 374 g/mol. The maximum absolute atomic E-state index is 12.4. The van der Waals surface area contributed by atoms with E-state index in [2.05, 4.69) is 28.8 Å². The second kappa shape index (κ2) is 7.13. The van der Waals surface area contributed by atoms with E-state index in [1.165, 1.54) is 5.57 Å². The maximum Gasteiger partial charge on any atom is 0.253 e. The van der Waals surface area contributed by atoms with Crippen LogP contribution in [0.3, 0.4) is 0 Å². The van der Waals surface area contributed by atoms with E-state index < -0.39 is 0 Å². The van der Waals surface area contributed by atoms with Crippen molar-refractivity contribution in [1.29, 1.82) is 0 Å². The molecule has 1 aromatic carbocycles. The number of rotatable bonds is 5. The number of benzene rings is 1. The van der Waals surface area contributed by atoms with Gasteiger partial charge in [0.15, 0.2) is 0 Å². The van der Waals surface area contributed by atoms with Crippen molar-refractivity contribution in [2.24, 2.45) is 0 Å². The van der Waals surface area contributed by atoms with Crippen molar-refractivity contribution in [3.63, 3.8) is 0 Å². The number of amides is 1. The zero-order valence-electron chi connectivity index (χ0n) is 17.1. The first-order valence-corrected chi connectivity index (χ1v) is 10.4. The lowest BCUT2D eigenvalue weighted by atomic mass is 9.88. The van der Waals surface area contributed by atoms with Crippen molar-refractivity contribution >= 4 is 22.8 Å². The molecule has 0 spiro atoms. The SMILES string of the molecule is C=CCC1CNC(=O)c2cc(-c3cccc4nc(C)c(NC5CC(=C)C5)nc34)[nH]c21. The van der Waals surface area contributed by atoms with E-state index in [-0.39, 0.29) is 11.8 Å². The fourth-order valence-electron chi connectivity index (χ4n) is 4.39. The van der Waals surface area contributed by atoms with Crippen LogP contribution >= 0.6 is 0 Å². The van der Waals surface area contributed by atoms with Gasteiger partial charge in [-0.1, -0.05) is 30.4 Å². The molecule has 2 aromatic heterocycles. The highest BCUT2D eigenvalue weighted by atomic mass is 16.1. The van der Waals surface area contributed by atoms with Crippen molar-refractivity contribution < 1.29 is 4.79 Å². The average molecular weight is 399 g/mol. The smallest absolute Gasteiger partial charge is 0.253 e. The van der Waals surface area contributed by atoms with Crippen molar-refractivity contribution in [2.45, 2.75) is 38.1 Å². The standard InChI is InChI=1S/C24H25N5O/c1-4-6-15-12-25-24(30)18-11-20(28-21(15)18)17-7-5-8-19-22(17)29-23(14(3)26-19)27-16-9-13(2)10-16/h4-5,7-8,11,15-16,28H,1-2,6,9-10,12H2,3H3,(H,25,30)(H,27,29). The minimum Gasteiger partial charge on any atom is -0.365 e. The number of carbonyl (C=O) groups is 1. The minimum atomic E-state index is -0.0393. The Kier molecular flexibility index (Phi) is 4.42. The van der Waals surface area contributed by atoms with Crippen LogP contribution in [0.15, 0.2) is 49.1 Å². The third kappa shape index (κ3) is 3.09. The number of carbonyl (C=O) groups excluding carboxylic acids is 1. The Bertz CT molecular complexity index is 1180. The number of hydrogen-bond donors (Lipinski definition) is 3. The van der Waals surface area contributed by atoms with Crippen LogP contribution in [-0.4, -0.2) is 33.4 Å². The first-order valence-electron chi connectivity index (χ1n) is 10.4. The Morgan fingerprint density at radius 1 is 1.27 bits per heavy atom. The molecule has 1 saturated carbocycles. The van der Waals surface area contributed by atoms with E-state index in [0.717, 1.165) is 58.8 Å². The molecule has 0 radical (unpaired) electrons. The van der Waals surface area contributed by atoms with Gasteiger partial charge in [-0.15, -0.1) is 6.58 Å². The normalized spacial score (nSPS) is 18.6. The van der Waals surface area contributed by atoms with Gasteiger partial charge in [-0.2, -0.15) is 0 Å². The lowest BCUT2D eigenvalue weighted by Crippen LogP contribution is -2.34. The predicted octanol–water partition coefficient (Wildman–Crippen LogP) is 4.47. The average Bonchev–Trinajstić information content (AvgIpc) is 3.15. The third-order valence-corrected chi connectivity index (χ3v) is 6.03. The topological polar surface area (TPSA) is 82.7 Å². The number of nitrogens with one attached hydrogen (secondary N) is 3. The predicted molar refractivity (Wildman–Crippen MR) is 120 cm³/mol. The Balaban J connectivity index is 1.59. The lowest BCUT2D eigenvalue weighted by molar-refractivity contribution is 0.0940. The van der Waals surface area contributed by atoms with Gasteiger partial charge in [0.25, 0.3) is 5.91 Å². The van der Waals surface area contributed by atoms with E-state index in [1.807, 2.05) is 37.3 Å². The van der Waals surface area contributed by atoms with Crippen molar-refractivity contribution in [1.82, 2.24) is 20.3 Å². The van der Waals surface area contributed by atoms with Gasteiger partial charge in [-0.3, -0.25) is 4.79 Å². The molecule has 30 heavy (non-hydrogen) atoms. The molecule has 6 heteroatoms. The molecule has 1 aliphatic carbocycles. The molecule has 0 bridgehead atoms. The number of nitrogens with zero attached hydrogens (tertiary/aromatic N) is 2. The molecule has 152 valence electrons. The number of anilines is 1. The molecule has 3 aromatic rings. The van der Waals surface area contributed by atoms with Gasteiger partial charge in [-0.25, -0.2) is 9.97 Å². The summed E-state index contributed by atoms with van der Waals surface area (Å²) in [6.07, 6.45) is 4.65. The first-order chi connectivity index (χ1) is 14.5. The fourth-order valence-corrected chi connectivity index (χ4v) is 4.39. The van der Waals surface area contributed by atoms with Gasteiger partial charge in [0, 0.05) is 35.5 Å². The fraction of sp³-hybridized carbons (Fsp3) is 0.292. The number of aromatic nitrogens is 3. The zero-order chi connectivity index (χ0) is 20.8. The van der Waals surface area contributed by atoms with E-state index in [9.17, 15) is 4.79 Å². The highest BCUT2D eigenvalue weighted by Gasteiger charge is 2.28. The van der Waals surface area contributed by atoms with Crippen LogP contribution < -0.4 is 10.6 Å². The zero-order valence-corrected chi connectivity index (χ0v) is 17.1. The number of aromatic amines is 1. The molecule has 1 atom stereocenters. The van der Waals surface area contributed by atoms with Crippen molar-refractivity contribution in [2.75, 3.05) is 11.9 Å². The van der Waals surface area contributed by atoms with Gasteiger partial charge in [0.2, 0.25) is 0 Å². The summed E-state index contributed by atoms with van der Waals surface area (Å²) < 4.78 is 0. The summed E-state index contributed by atoms with van der Waals surface area (Å²) in [5, 5.41) is 6.49. The van der Waals surface area contributed by atoms with Crippen molar-refractivity contribution in [3.05, 3.63) is 66.0 Å². The Morgan fingerprint density at radius 3 is 2.87 bits per heavy atom. The molecule has 1 aliphatic heterocycles. The second-order valence-corrected chi connectivity index (χ2v) is 8.27. The number of H-pyrrole nitrogens is 1. The summed E-state index contributed by atoms with van der Waals surface area (Å²) in [4.78, 5) is 25.6. The first kappa shape index (κ1) is 18.6. The van der Waals surface area contributed by atoms with Gasteiger partial charge in [0.05, 0.1) is 16.8 Å². The van der Waals surface area contributed by atoms with Gasteiger partial charge < -0.3 is 15.6 Å². The summed E-state index contributed by atoms with van der Waals surface area (Å²) in [6, 6.07) is 8.29. The number of allylic oxidation sites excluding steroid dienone is 1. The lowest BCUT2D eigenvalue weighted by Gasteiger charge is -2.30. The van der Waals surface area contributed by atoms with Crippen LogP contribution in [0.25, 0.3) is 22.3 Å². The summed E-state index contributed by atoms with van der Waals surface area (Å²) in [6.45, 7) is 10.5. The van der Waals surface area contributed by atoms with E-state index in [1.54, 1.807) is 0 Å². The highest BCUT2D eigenvalue weighted by molar-refractivity contribution is 6.00. The van der Waals surface area contributed by atoms with Crippen molar-refractivity contribution in [3.8, 4) is 11.3 Å². The summed E-state index contributed by atoms with van der Waals surface area (Å²) in [7, 11) is 0. The minimum absolute atomic E-state index is 0.0393. The van der Waals surface area contributed by atoms with E-state index in [0.29, 0.717) is 18.2 Å². The highest BCUT2D eigenvalue weighted by Crippen LogP contribution is 2.34. The molecule has 5 rings (SSSR count). The van der Waals surface area contributed by atoms with Crippen LogP contribution in [0.1, 0.15) is 46.9 Å². The second-order valence-electron chi connectivity index (χ2n) is 8.27. The number of aryl methyl sites for hydroxylation is 1. The molecule has 2 aliphatic rings. The monoisotopic (exact) mass is 399 g/mol. The summed E-state index contributed by atoms with van der Waals surface area (Å²) in [5.74, 6) is 0.977.